The van der Waals surface area contributed by atoms with E-state index >= 15 is 0 Å². The van der Waals surface area contributed by atoms with E-state index in [0.29, 0.717) is 6.61 Å². The zero-order chi connectivity index (χ0) is 12.9. The van der Waals surface area contributed by atoms with Gasteiger partial charge in [0.15, 0.2) is 0 Å². The molecule has 0 radical (unpaired) electrons. The molecule has 1 aromatic rings. The molecule has 1 unspecified atom stereocenters. The van der Waals surface area contributed by atoms with E-state index in [2.05, 4.69) is 50.5 Å². The van der Waals surface area contributed by atoms with E-state index in [0.717, 1.165) is 6.42 Å². The van der Waals surface area contributed by atoms with Gasteiger partial charge < -0.3 is 4.74 Å². The molecule has 0 aliphatic carbocycles. The lowest BCUT2D eigenvalue weighted by Crippen LogP contribution is -2.29. The molecule has 0 heterocycles. The van der Waals surface area contributed by atoms with E-state index in [9.17, 15) is 0 Å². The van der Waals surface area contributed by atoms with Crippen molar-refractivity contribution in [2.45, 2.75) is 38.6 Å². The third-order valence-electron chi connectivity index (χ3n) is 2.99. The van der Waals surface area contributed by atoms with Crippen molar-refractivity contribution >= 4 is 0 Å². The Morgan fingerprint density at radius 1 is 1.24 bits per heavy atom. The highest BCUT2D eigenvalue weighted by Gasteiger charge is 2.14. The maximum atomic E-state index is 5.56. The number of hydrogen-bond acceptors (Lipinski definition) is 3. The molecule has 3 heteroatoms. The van der Waals surface area contributed by atoms with Crippen LogP contribution in [0.1, 0.15) is 44.4 Å². The molecule has 0 aliphatic rings. The first-order valence-electron chi connectivity index (χ1n) is 6.04. The summed E-state index contributed by atoms with van der Waals surface area (Å²) in [6.45, 7) is 7.35. The molecule has 0 aliphatic heterocycles. The van der Waals surface area contributed by atoms with Crippen LogP contribution in [0.25, 0.3) is 0 Å². The van der Waals surface area contributed by atoms with Gasteiger partial charge in [-0.05, 0) is 23.0 Å². The predicted molar refractivity (Wildman–Crippen MR) is 71.7 cm³/mol. The second-order valence-electron chi connectivity index (χ2n) is 5.37. The first kappa shape index (κ1) is 14.2. The van der Waals surface area contributed by atoms with Gasteiger partial charge in [0.05, 0.1) is 0 Å². The standard InChI is InChI=1S/C14H24N2O/c1-14(2,3)12-7-5-11(6-8-12)13(16-15)9-10-17-4/h5-8,13,16H,9-10,15H2,1-4H3. The van der Waals surface area contributed by atoms with E-state index in [1.807, 2.05) is 0 Å². The predicted octanol–water partition coefficient (Wildman–Crippen LogP) is 2.53. The fraction of sp³-hybridized carbons (Fsp3) is 0.571. The van der Waals surface area contributed by atoms with E-state index < -0.39 is 0 Å². The molecule has 0 amide bonds. The Labute approximate surface area is 104 Å². The summed E-state index contributed by atoms with van der Waals surface area (Å²) in [5.41, 5.74) is 5.57. The van der Waals surface area contributed by atoms with Gasteiger partial charge in [0.25, 0.3) is 0 Å². The summed E-state index contributed by atoms with van der Waals surface area (Å²) < 4.78 is 5.08. The Morgan fingerprint density at radius 2 is 1.82 bits per heavy atom. The van der Waals surface area contributed by atoms with Crippen molar-refractivity contribution in [1.82, 2.24) is 5.43 Å². The van der Waals surface area contributed by atoms with Gasteiger partial charge >= 0.3 is 0 Å². The minimum Gasteiger partial charge on any atom is -0.385 e. The molecule has 17 heavy (non-hydrogen) atoms. The Balaban J connectivity index is 2.78. The normalized spacial score (nSPS) is 13.7. The van der Waals surface area contributed by atoms with Gasteiger partial charge in [-0.15, -0.1) is 0 Å². The third kappa shape index (κ3) is 4.11. The molecule has 1 aromatic carbocycles. The molecule has 1 rings (SSSR count). The summed E-state index contributed by atoms with van der Waals surface area (Å²) in [6.07, 6.45) is 0.877. The molecule has 0 spiro atoms. The smallest absolute Gasteiger partial charge is 0.0481 e. The molecule has 0 saturated heterocycles. The van der Waals surface area contributed by atoms with Gasteiger partial charge in [-0.3, -0.25) is 11.3 Å². The lowest BCUT2D eigenvalue weighted by Gasteiger charge is -2.21. The van der Waals surface area contributed by atoms with Crippen LogP contribution in [-0.4, -0.2) is 13.7 Å². The number of methoxy groups -OCH3 is 1. The van der Waals surface area contributed by atoms with Crippen molar-refractivity contribution in [1.29, 1.82) is 0 Å². The lowest BCUT2D eigenvalue weighted by atomic mass is 9.86. The Morgan fingerprint density at radius 3 is 2.24 bits per heavy atom. The van der Waals surface area contributed by atoms with Gasteiger partial charge in [-0.2, -0.15) is 0 Å². The lowest BCUT2D eigenvalue weighted by molar-refractivity contribution is 0.183. The monoisotopic (exact) mass is 236 g/mol. The summed E-state index contributed by atoms with van der Waals surface area (Å²) in [4.78, 5) is 0. The zero-order valence-corrected chi connectivity index (χ0v) is 11.3. The fourth-order valence-corrected chi connectivity index (χ4v) is 1.80. The van der Waals surface area contributed by atoms with Crippen molar-refractivity contribution in [3.8, 4) is 0 Å². The highest BCUT2D eigenvalue weighted by molar-refractivity contribution is 5.29. The summed E-state index contributed by atoms with van der Waals surface area (Å²) in [5.74, 6) is 5.56. The molecule has 0 saturated carbocycles. The minimum atomic E-state index is 0.156. The number of nitrogens with two attached hydrogens (primary N) is 1. The molecule has 0 aromatic heterocycles. The average Bonchev–Trinajstić information content (AvgIpc) is 2.29. The number of benzene rings is 1. The highest BCUT2D eigenvalue weighted by Crippen LogP contribution is 2.24. The van der Waals surface area contributed by atoms with E-state index in [-0.39, 0.29) is 11.5 Å². The summed E-state index contributed by atoms with van der Waals surface area (Å²) in [7, 11) is 1.70. The number of ether oxygens (including phenoxy) is 1. The highest BCUT2D eigenvalue weighted by atomic mass is 16.5. The van der Waals surface area contributed by atoms with Gasteiger partial charge in [0, 0.05) is 19.8 Å². The molecule has 0 bridgehead atoms. The van der Waals surface area contributed by atoms with Crippen LogP contribution < -0.4 is 11.3 Å². The van der Waals surface area contributed by atoms with Gasteiger partial charge in [-0.25, -0.2) is 0 Å². The van der Waals surface area contributed by atoms with Gasteiger partial charge in [0.2, 0.25) is 0 Å². The zero-order valence-electron chi connectivity index (χ0n) is 11.3. The second kappa shape index (κ2) is 6.15. The maximum Gasteiger partial charge on any atom is 0.0481 e. The van der Waals surface area contributed by atoms with Crippen LogP contribution in [0, 0.1) is 0 Å². The SMILES string of the molecule is COCCC(NN)c1ccc(C(C)(C)C)cc1. The molecule has 3 nitrogen and oxygen atoms in total. The maximum absolute atomic E-state index is 5.56. The van der Waals surface area contributed by atoms with Gasteiger partial charge in [-0.1, -0.05) is 45.0 Å². The van der Waals surface area contributed by atoms with E-state index in [1.54, 1.807) is 7.11 Å². The molecule has 3 N–H and O–H groups in total. The summed E-state index contributed by atoms with van der Waals surface area (Å²) in [6, 6.07) is 8.78. The van der Waals surface area contributed by atoms with Crippen LogP contribution in [0.2, 0.25) is 0 Å². The Hall–Kier alpha value is -0.900. The van der Waals surface area contributed by atoms with Crippen LogP contribution in [0.15, 0.2) is 24.3 Å². The first-order valence-corrected chi connectivity index (χ1v) is 6.04. The van der Waals surface area contributed by atoms with Crippen molar-refractivity contribution in [2.24, 2.45) is 5.84 Å². The van der Waals surface area contributed by atoms with Crippen molar-refractivity contribution < 1.29 is 4.74 Å². The van der Waals surface area contributed by atoms with E-state index in [4.69, 9.17) is 10.6 Å². The van der Waals surface area contributed by atoms with Crippen LogP contribution in [-0.2, 0) is 10.2 Å². The third-order valence-corrected chi connectivity index (χ3v) is 2.99. The number of rotatable bonds is 5. The molecule has 96 valence electrons. The Bertz CT molecular complexity index is 327. The number of hydrogen-bond donors (Lipinski definition) is 2. The largest absolute Gasteiger partial charge is 0.385 e. The minimum absolute atomic E-state index is 0.156. The summed E-state index contributed by atoms with van der Waals surface area (Å²) >= 11 is 0. The number of hydrazine groups is 1. The van der Waals surface area contributed by atoms with Crippen LogP contribution >= 0.6 is 0 Å². The van der Waals surface area contributed by atoms with E-state index in [1.165, 1.54) is 11.1 Å². The molecular weight excluding hydrogens is 212 g/mol. The molecular formula is C14H24N2O. The first-order chi connectivity index (χ1) is 7.99. The van der Waals surface area contributed by atoms with Crippen molar-refractivity contribution in [3.05, 3.63) is 35.4 Å². The van der Waals surface area contributed by atoms with Crippen molar-refractivity contribution in [3.63, 3.8) is 0 Å². The van der Waals surface area contributed by atoms with Crippen LogP contribution in [0.3, 0.4) is 0 Å². The number of nitrogens with one attached hydrogen (secondary N) is 1. The van der Waals surface area contributed by atoms with Crippen LogP contribution in [0.4, 0.5) is 0 Å². The average molecular weight is 236 g/mol. The summed E-state index contributed by atoms with van der Waals surface area (Å²) in [5, 5.41) is 0. The topological polar surface area (TPSA) is 47.3 Å². The Kier molecular flexibility index (Phi) is 5.12. The van der Waals surface area contributed by atoms with Crippen LogP contribution in [0.5, 0.6) is 0 Å². The quantitative estimate of drug-likeness (QED) is 0.610. The van der Waals surface area contributed by atoms with Gasteiger partial charge in [0.1, 0.15) is 0 Å². The molecule has 0 fully saturated rings. The second-order valence-corrected chi connectivity index (χ2v) is 5.37. The fourth-order valence-electron chi connectivity index (χ4n) is 1.80. The van der Waals surface area contributed by atoms with Crippen molar-refractivity contribution in [2.75, 3.05) is 13.7 Å². The molecule has 1 atom stereocenters.